The van der Waals surface area contributed by atoms with Crippen LogP contribution >= 0.6 is 0 Å². The molecule has 0 bridgehead atoms. The van der Waals surface area contributed by atoms with Crippen LogP contribution in [0.2, 0.25) is 0 Å². The number of hydrogen-bond donors (Lipinski definition) is 2. The lowest BCUT2D eigenvalue weighted by molar-refractivity contribution is -0.136. The highest BCUT2D eigenvalue weighted by Crippen LogP contribution is 2.32. The molecule has 2 rings (SSSR count). The van der Waals surface area contributed by atoms with Crippen LogP contribution in [0.25, 0.3) is 0 Å². The molecule has 0 radical (unpaired) electrons. The first-order chi connectivity index (χ1) is 11.1. The minimum atomic E-state index is -0.886. The molecule has 1 fully saturated rings. The normalized spacial score (nSPS) is 15.3. The molecule has 0 unspecified atom stereocenters. The lowest BCUT2D eigenvalue weighted by atomic mass is 9.84. The van der Waals surface area contributed by atoms with Crippen molar-refractivity contribution in [3.8, 4) is 0 Å². The van der Waals surface area contributed by atoms with Gasteiger partial charge in [0.15, 0.2) is 0 Å². The van der Waals surface area contributed by atoms with Crippen molar-refractivity contribution in [3.05, 3.63) is 35.4 Å². The Hall–Kier alpha value is -1.84. The van der Waals surface area contributed by atoms with E-state index >= 15 is 0 Å². The van der Waals surface area contributed by atoms with Gasteiger partial charge in [0, 0.05) is 13.0 Å². The van der Waals surface area contributed by atoms with Gasteiger partial charge in [0.1, 0.15) is 0 Å². The number of carbonyl (C=O) groups is 2. The summed E-state index contributed by atoms with van der Waals surface area (Å²) in [5.74, 6) is -0.216. The van der Waals surface area contributed by atoms with Crippen molar-refractivity contribution in [3.63, 3.8) is 0 Å². The highest BCUT2D eigenvalue weighted by atomic mass is 16.4. The third kappa shape index (κ3) is 6.43. The molecule has 0 spiro atoms. The maximum Gasteiger partial charge on any atom is 0.305 e. The Labute approximate surface area is 138 Å². The number of amides is 1. The average molecular weight is 317 g/mol. The van der Waals surface area contributed by atoms with Crippen molar-refractivity contribution in [1.82, 2.24) is 5.32 Å². The lowest BCUT2D eigenvalue weighted by Gasteiger charge is -2.22. The van der Waals surface area contributed by atoms with Gasteiger partial charge in [-0.2, -0.15) is 0 Å². The molecular formula is C19H27NO3. The first kappa shape index (κ1) is 17.5. The van der Waals surface area contributed by atoms with Crippen LogP contribution in [0, 0.1) is 0 Å². The van der Waals surface area contributed by atoms with Crippen LogP contribution < -0.4 is 5.32 Å². The SMILES string of the molecule is O=C(O)CCNC(=O)CCCc1ccc(C2CCCCC2)cc1. The number of hydrogen-bond acceptors (Lipinski definition) is 2. The van der Waals surface area contributed by atoms with Crippen molar-refractivity contribution < 1.29 is 14.7 Å². The summed E-state index contributed by atoms with van der Waals surface area (Å²) in [6.07, 6.45) is 8.82. The molecule has 0 aromatic heterocycles. The van der Waals surface area contributed by atoms with Gasteiger partial charge in [0.05, 0.1) is 6.42 Å². The molecule has 1 amide bonds. The van der Waals surface area contributed by atoms with E-state index in [1.54, 1.807) is 0 Å². The van der Waals surface area contributed by atoms with E-state index in [-0.39, 0.29) is 18.9 Å². The van der Waals surface area contributed by atoms with Crippen LogP contribution in [-0.2, 0) is 16.0 Å². The fourth-order valence-corrected chi connectivity index (χ4v) is 3.24. The molecule has 23 heavy (non-hydrogen) atoms. The minimum Gasteiger partial charge on any atom is -0.481 e. The van der Waals surface area contributed by atoms with Crippen LogP contribution in [0.4, 0.5) is 0 Å². The number of benzene rings is 1. The van der Waals surface area contributed by atoms with Crippen molar-refractivity contribution in [2.24, 2.45) is 0 Å². The Morgan fingerprint density at radius 1 is 1.04 bits per heavy atom. The van der Waals surface area contributed by atoms with Crippen molar-refractivity contribution in [2.45, 2.75) is 63.7 Å². The maximum absolute atomic E-state index is 11.6. The van der Waals surface area contributed by atoms with E-state index in [2.05, 4.69) is 29.6 Å². The molecule has 4 nitrogen and oxygen atoms in total. The van der Waals surface area contributed by atoms with Gasteiger partial charge in [-0.15, -0.1) is 0 Å². The van der Waals surface area contributed by atoms with Gasteiger partial charge in [-0.3, -0.25) is 9.59 Å². The summed E-state index contributed by atoms with van der Waals surface area (Å²) in [4.78, 5) is 21.9. The van der Waals surface area contributed by atoms with Gasteiger partial charge in [-0.25, -0.2) is 0 Å². The molecule has 0 saturated heterocycles. The largest absolute Gasteiger partial charge is 0.481 e. The summed E-state index contributed by atoms with van der Waals surface area (Å²) in [7, 11) is 0. The Kier molecular flexibility index (Phi) is 7.11. The lowest BCUT2D eigenvalue weighted by Crippen LogP contribution is -2.25. The molecule has 1 aromatic carbocycles. The highest BCUT2D eigenvalue weighted by molar-refractivity contribution is 5.76. The number of nitrogens with one attached hydrogen (secondary N) is 1. The number of carboxylic acids is 1. The fourth-order valence-electron chi connectivity index (χ4n) is 3.24. The number of aliphatic carboxylic acids is 1. The summed E-state index contributed by atoms with van der Waals surface area (Å²) in [5.41, 5.74) is 2.72. The number of carbonyl (C=O) groups excluding carboxylic acids is 1. The van der Waals surface area contributed by atoms with Gasteiger partial charge in [0.2, 0.25) is 5.91 Å². The highest BCUT2D eigenvalue weighted by Gasteiger charge is 2.15. The van der Waals surface area contributed by atoms with Gasteiger partial charge in [0.25, 0.3) is 0 Å². The fraction of sp³-hybridized carbons (Fsp3) is 0.579. The van der Waals surface area contributed by atoms with Gasteiger partial charge in [-0.05, 0) is 42.7 Å². The van der Waals surface area contributed by atoms with Gasteiger partial charge in [-0.1, -0.05) is 43.5 Å². The molecule has 1 aliphatic rings. The quantitative estimate of drug-likeness (QED) is 0.769. The molecule has 0 heterocycles. The molecule has 1 saturated carbocycles. The summed E-state index contributed by atoms with van der Waals surface area (Å²) < 4.78 is 0. The molecule has 0 aliphatic heterocycles. The van der Waals surface area contributed by atoms with E-state index in [0.29, 0.717) is 6.42 Å². The van der Waals surface area contributed by atoms with Gasteiger partial charge >= 0.3 is 5.97 Å². The molecule has 1 aliphatic carbocycles. The number of carboxylic acid groups (broad SMARTS) is 1. The first-order valence-electron chi connectivity index (χ1n) is 8.72. The molecule has 4 heteroatoms. The number of rotatable bonds is 8. The zero-order valence-electron chi connectivity index (χ0n) is 13.7. The molecule has 126 valence electrons. The molecular weight excluding hydrogens is 290 g/mol. The zero-order chi connectivity index (χ0) is 16.5. The Morgan fingerprint density at radius 2 is 1.74 bits per heavy atom. The van der Waals surface area contributed by atoms with Crippen LogP contribution in [0.3, 0.4) is 0 Å². The summed E-state index contributed by atoms with van der Waals surface area (Å²) in [5, 5.41) is 11.1. The van der Waals surface area contributed by atoms with E-state index in [1.165, 1.54) is 43.2 Å². The summed E-state index contributed by atoms with van der Waals surface area (Å²) >= 11 is 0. The predicted molar refractivity (Wildman–Crippen MR) is 90.5 cm³/mol. The Balaban J connectivity index is 1.67. The molecule has 2 N–H and O–H groups in total. The Morgan fingerprint density at radius 3 is 2.39 bits per heavy atom. The second-order valence-corrected chi connectivity index (χ2v) is 6.42. The second-order valence-electron chi connectivity index (χ2n) is 6.42. The monoisotopic (exact) mass is 317 g/mol. The van der Waals surface area contributed by atoms with E-state index in [0.717, 1.165) is 18.8 Å². The van der Waals surface area contributed by atoms with E-state index in [1.807, 2.05) is 0 Å². The van der Waals surface area contributed by atoms with E-state index in [9.17, 15) is 9.59 Å². The molecule has 1 aromatic rings. The van der Waals surface area contributed by atoms with Crippen molar-refractivity contribution in [1.29, 1.82) is 0 Å². The Bertz CT molecular complexity index is 504. The summed E-state index contributed by atoms with van der Waals surface area (Å²) in [6.45, 7) is 0.213. The van der Waals surface area contributed by atoms with E-state index in [4.69, 9.17) is 5.11 Å². The maximum atomic E-state index is 11.6. The average Bonchev–Trinajstić information content (AvgIpc) is 2.56. The second kappa shape index (κ2) is 9.33. The van der Waals surface area contributed by atoms with Crippen molar-refractivity contribution >= 4 is 11.9 Å². The number of aryl methyl sites for hydroxylation is 1. The van der Waals surface area contributed by atoms with Crippen LogP contribution in [0.5, 0.6) is 0 Å². The minimum absolute atomic E-state index is 0.0195. The smallest absolute Gasteiger partial charge is 0.305 e. The van der Waals surface area contributed by atoms with E-state index < -0.39 is 5.97 Å². The first-order valence-corrected chi connectivity index (χ1v) is 8.72. The topological polar surface area (TPSA) is 66.4 Å². The zero-order valence-corrected chi connectivity index (χ0v) is 13.7. The third-order valence-electron chi connectivity index (χ3n) is 4.59. The van der Waals surface area contributed by atoms with Crippen LogP contribution in [0.1, 0.15) is 68.4 Å². The van der Waals surface area contributed by atoms with Gasteiger partial charge < -0.3 is 10.4 Å². The summed E-state index contributed by atoms with van der Waals surface area (Å²) in [6, 6.07) is 8.87. The standard InChI is InChI=1S/C19H27NO3/c21-18(20-14-13-19(22)23)8-4-5-15-9-11-17(12-10-15)16-6-2-1-3-7-16/h9-12,16H,1-8,13-14H2,(H,20,21)(H,22,23). The third-order valence-corrected chi connectivity index (χ3v) is 4.59. The predicted octanol–water partition coefficient (Wildman–Crippen LogP) is 3.65. The molecule has 0 atom stereocenters. The van der Waals surface area contributed by atoms with Crippen LogP contribution in [-0.4, -0.2) is 23.5 Å². The van der Waals surface area contributed by atoms with Crippen molar-refractivity contribution in [2.75, 3.05) is 6.54 Å². The van der Waals surface area contributed by atoms with Crippen LogP contribution in [0.15, 0.2) is 24.3 Å².